The molecule has 2 aromatic carbocycles. The molecule has 4 aromatic rings. The Kier molecular flexibility index (Phi) is 6.50. The molecule has 0 fully saturated rings. The molecule has 0 saturated heterocycles. The van der Waals surface area contributed by atoms with Gasteiger partial charge >= 0.3 is 0 Å². The molecule has 0 saturated carbocycles. The Labute approximate surface area is 188 Å². The number of benzene rings is 2. The third-order valence-electron chi connectivity index (χ3n) is 4.13. The van der Waals surface area contributed by atoms with Gasteiger partial charge < -0.3 is 10.1 Å². The van der Waals surface area contributed by atoms with Crippen LogP contribution in [0.5, 0.6) is 5.75 Å². The van der Waals surface area contributed by atoms with Gasteiger partial charge in [-0.05, 0) is 47.7 Å². The number of anilines is 2. The van der Waals surface area contributed by atoms with Gasteiger partial charge in [-0.1, -0.05) is 18.2 Å². The maximum absolute atomic E-state index is 12.4. The summed E-state index contributed by atoms with van der Waals surface area (Å²) in [6, 6.07) is 16.4. The molecule has 0 spiro atoms. The highest BCUT2D eigenvalue weighted by Gasteiger charge is 2.16. The van der Waals surface area contributed by atoms with Gasteiger partial charge in [0.1, 0.15) is 12.3 Å². The number of tetrazole rings is 1. The minimum Gasteiger partial charge on any atom is -0.485 e. The number of carbonyl (C=O) groups is 1. The van der Waals surface area contributed by atoms with Crippen LogP contribution in [0.15, 0.2) is 78.0 Å². The van der Waals surface area contributed by atoms with Crippen molar-refractivity contribution in [2.75, 3.05) is 10.0 Å². The molecule has 2 N–H and O–H groups in total. The van der Waals surface area contributed by atoms with Gasteiger partial charge in [0.05, 0.1) is 4.90 Å². The van der Waals surface area contributed by atoms with E-state index in [9.17, 15) is 13.2 Å². The van der Waals surface area contributed by atoms with Crippen LogP contribution in [-0.4, -0.2) is 44.5 Å². The maximum Gasteiger partial charge on any atom is 0.264 e. The largest absolute Gasteiger partial charge is 0.485 e. The Morgan fingerprint density at radius 3 is 2.42 bits per heavy atom. The van der Waals surface area contributed by atoms with Crippen molar-refractivity contribution >= 4 is 27.6 Å². The number of nitrogens with zero attached hydrogens (tertiary/aromatic N) is 6. The summed E-state index contributed by atoms with van der Waals surface area (Å²) in [6.07, 6.45) is 2.85. The van der Waals surface area contributed by atoms with Crippen LogP contribution in [0.4, 0.5) is 11.6 Å². The molecule has 0 aliphatic heterocycles. The van der Waals surface area contributed by atoms with Crippen LogP contribution < -0.4 is 14.8 Å². The Morgan fingerprint density at radius 2 is 1.70 bits per heavy atom. The first-order chi connectivity index (χ1) is 16.0. The van der Waals surface area contributed by atoms with Gasteiger partial charge in [0, 0.05) is 18.1 Å². The van der Waals surface area contributed by atoms with E-state index < -0.39 is 15.9 Å². The minimum atomic E-state index is -3.86. The standard InChI is InChI=1S/C20H18N8O4S/c29-19(13-28-25-18(24-27-28)14-32-16-5-2-1-3-6-16)23-15-7-9-17(10-8-15)33(30,31)26-20-21-11-4-12-22-20/h1-12H,13-14H2,(H,23,29)(H,21,22,26). The van der Waals surface area contributed by atoms with Crippen molar-refractivity contribution in [1.82, 2.24) is 30.2 Å². The fraction of sp³-hybridized carbons (Fsp3) is 0.100. The summed E-state index contributed by atoms with van der Waals surface area (Å²) in [5, 5.41) is 14.4. The fourth-order valence-electron chi connectivity index (χ4n) is 2.64. The lowest BCUT2D eigenvalue weighted by Gasteiger charge is -2.08. The summed E-state index contributed by atoms with van der Waals surface area (Å²) in [5.74, 6) is 0.553. The van der Waals surface area contributed by atoms with Crippen LogP contribution in [0, 0.1) is 0 Å². The Morgan fingerprint density at radius 1 is 0.970 bits per heavy atom. The van der Waals surface area contributed by atoms with E-state index in [1.807, 2.05) is 18.2 Å². The van der Waals surface area contributed by atoms with E-state index in [1.54, 1.807) is 18.2 Å². The third-order valence-corrected chi connectivity index (χ3v) is 5.47. The topological polar surface area (TPSA) is 154 Å². The molecule has 33 heavy (non-hydrogen) atoms. The molecule has 12 nitrogen and oxygen atoms in total. The number of hydrogen-bond donors (Lipinski definition) is 2. The van der Waals surface area contributed by atoms with E-state index in [4.69, 9.17) is 4.74 Å². The molecule has 1 amide bonds. The number of hydrogen-bond acceptors (Lipinski definition) is 9. The van der Waals surface area contributed by atoms with Crippen molar-refractivity contribution in [3.63, 3.8) is 0 Å². The van der Waals surface area contributed by atoms with Crippen LogP contribution in [0.1, 0.15) is 5.82 Å². The number of carbonyl (C=O) groups excluding carboxylic acids is 1. The van der Waals surface area contributed by atoms with Gasteiger partial charge in [-0.2, -0.15) is 4.80 Å². The van der Waals surface area contributed by atoms with E-state index in [2.05, 4.69) is 35.4 Å². The second kappa shape index (κ2) is 9.82. The van der Waals surface area contributed by atoms with Gasteiger partial charge in [0.25, 0.3) is 10.0 Å². The first-order valence-corrected chi connectivity index (χ1v) is 11.1. The molecule has 2 heterocycles. The molecule has 2 aromatic heterocycles. The minimum absolute atomic E-state index is 0.00560. The van der Waals surface area contributed by atoms with Crippen LogP contribution in [0.25, 0.3) is 0 Å². The van der Waals surface area contributed by atoms with E-state index in [1.165, 1.54) is 36.7 Å². The molecule has 0 aliphatic rings. The molecule has 0 atom stereocenters. The number of rotatable bonds is 9. The molecular weight excluding hydrogens is 448 g/mol. The van der Waals surface area contributed by atoms with Crippen LogP contribution in [0.2, 0.25) is 0 Å². The molecule has 0 aliphatic carbocycles. The highest BCUT2D eigenvalue weighted by Crippen LogP contribution is 2.16. The third kappa shape index (κ3) is 6.07. The van der Waals surface area contributed by atoms with Gasteiger partial charge in [0.15, 0.2) is 6.61 Å². The summed E-state index contributed by atoms with van der Waals surface area (Å²) in [7, 11) is -3.86. The van der Waals surface area contributed by atoms with Gasteiger partial charge in [-0.25, -0.2) is 23.1 Å². The Balaban J connectivity index is 1.30. The summed E-state index contributed by atoms with van der Waals surface area (Å²) in [6.45, 7) is -0.0606. The zero-order valence-electron chi connectivity index (χ0n) is 17.1. The normalized spacial score (nSPS) is 11.0. The molecule has 0 unspecified atom stereocenters. The number of aromatic nitrogens is 6. The first-order valence-electron chi connectivity index (χ1n) is 9.62. The average molecular weight is 466 g/mol. The van der Waals surface area contributed by atoms with Crippen molar-refractivity contribution < 1.29 is 17.9 Å². The molecular formula is C20H18N8O4S. The van der Waals surface area contributed by atoms with E-state index in [-0.39, 0.29) is 24.0 Å². The fourth-order valence-corrected chi connectivity index (χ4v) is 3.60. The molecule has 13 heteroatoms. The smallest absolute Gasteiger partial charge is 0.264 e. The van der Waals surface area contributed by atoms with E-state index >= 15 is 0 Å². The van der Waals surface area contributed by atoms with Crippen molar-refractivity contribution in [2.24, 2.45) is 0 Å². The maximum atomic E-state index is 12.4. The lowest BCUT2D eigenvalue weighted by molar-refractivity contribution is -0.117. The van der Waals surface area contributed by atoms with Crippen molar-refractivity contribution in [3.8, 4) is 5.75 Å². The first kappa shape index (κ1) is 21.8. The van der Waals surface area contributed by atoms with Crippen LogP contribution in [0.3, 0.4) is 0 Å². The van der Waals surface area contributed by atoms with Gasteiger partial charge in [0.2, 0.25) is 17.7 Å². The van der Waals surface area contributed by atoms with Crippen molar-refractivity contribution in [3.05, 3.63) is 78.9 Å². The Hall–Kier alpha value is -4.39. The highest BCUT2D eigenvalue weighted by atomic mass is 32.2. The van der Waals surface area contributed by atoms with E-state index in [0.717, 1.165) is 4.80 Å². The Bertz CT molecular complexity index is 1310. The quantitative estimate of drug-likeness (QED) is 0.373. The van der Waals surface area contributed by atoms with E-state index in [0.29, 0.717) is 17.3 Å². The molecule has 0 bridgehead atoms. The van der Waals surface area contributed by atoms with Gasteiger partial charge in [-0.15, -0.1) is 10.2 Å². The molecule has 168 valence electrons. The second-order valence-electron chi connectivity index (χ2n) is 6.59. The second-order valence-corrected chi connectivity index (χ2v) is 8.27. The van der Waals surface area contributed by atoms with Crippen molar-refractivity contribution in [1.29, 1.82) is 0 Å². The SMILES string of the molecule is O=C(Cn1nnc(COc2ccccc2)n1)Nc1ccc(S(=O)(=O)Nc2ncccn2)cc1. The lowest BCUT2D eigenvalue weighted by Crippen LogP contribution is -2.20. The highest BCUT2D eigenvalue weighted by molar-refractivity contribution is 7.92. The van der Waals surface area contributed by atoms with Gasteiger partial charge in [-0.3, -0.25) is 4.79 Å². The summed E-state index contributed by atoms with van der Waals surface area (Å²) < 4.78 is 32.6. The summed E-state index contributed by atoms with van der Waals surface area (Å²) >= 11 is 0. The predicted molar refractivity (Wildman–Crippen MR) is 117 cm³/mol. The number of amides is 1. The summed E-state index contributed by atoms with van der Waals surface area (Å²) in [5.41, 5.74) is 0.405. The number of nitrogens with one attached hydrogen (secondary N) is 2. The number of para-hydroxylation sites is 1. The average Bonchev–Trinajstić information content (AvgIpc) is 3.26. The molecule has 4 rings (SSSR count). The summed E-state index contributed by atoms with van der Waals surface area (Å²) in [4.78, 5) is 21.1. The number of ether oxygens (including phenoxy) is 1. The predicted octanol–water partition coefficient (Wildman–Crippen LogP) is 1.48. The van der Waals surface area contributed by atoms with Crippen molar-refractivity contribution in [2.45, 2.75) is 18.0 Å². The zero-order chi connectivity index (χ0) is 23.1. The van der Waals surface area contributed by atoms with Crippen LogP contribution >= 0.6 is 0 Å². The zero-order valence-corrected chi connectivity index (χ0v) is 17.9. The number of sulfonamides is 1. The monoisotopic (exact) mass is 466 g/mol. The molecule has 0 radical (unpaired) electrons. The lowest BCUT2D eigenvalue weighted by atomic mass is 10.3. The van der Waals surface area contributed by atoms with Crippen LogP contribution in [-0.2, 0) is 28.0 Å².